The van der Waals surface area contributed by atoms with Crippen molar-refractivity contribution in [3.05, 3.63) is 46.7 Å². The summed E-state index contributed by atoms with van der Waals surface area (Å²) >= 11 is 0. The fourth-order valence-electron chi connectivity index (χ4n) is 4.24. The van der Waals surface area contributed by atoms with Crippen LogP contribution in [0.25, 0.3) is 0 Å². The first-order valence-corrected chi connectivity index (χ1v) is 10.7. The number of benzene rings is 1. The Labute approximate surface area is 191 Å². The maximum absolute atomic E-state index is 13.9. The highest BCUT2D eigenvalue weighted by Gasteiger charge is 2.41. The molecular formula is C21H23F6N5O2. The number of anilines is 1. The maximum Gasteiger partial charge on any atom is 0.449 e. The number of nitrogens with zero attached hydrogens (tertiary/aromatic N) is 4. The molecule has 1 aromatic carbocycles. The number of carbonyl (C=O) groups excluding carboxylic acids is 1. The van der Waals surface area contributed by atoms with E-state index in [1.54, 1.807) is 4.90 Å². The highest BCUT2D eigenvalue weighted by molar-refractivity contribution is 5.77. The highest BCUT2D eigenvalue weighted by atomic mass is 19.4. The minimum atomic E-state index is -4.65. The van der Waals surface area contributed by atoms with E-state index in [0.29, 0.717) is 38.4 Å². The summed E-state index contributed by atoms with van der Waals surface area (Å²) in [5.41, 5.74) is 6.06. The van der Waals surface area contributed by atoms with Crippen molar-refractivity contribution in [3.8, 4) is 0 Å². The van der Waals surface area contributed by atoms with Crippen LogP contribution in [0.1, 0.15) is 23.5 Å². The Balaban J connectivity index is 1.49. The molecule has 34 heavy (non-hydrogen) atoms. The number of halogens is 6. The number of aromatic nitrogens is 2. The van der Waals surface area contributed by atoms with Gasteiger partial charge in [0.2, 0.25) is 11.7 Å². The summed E-state index contributed by atoms with van der Waals surface area (Å²) in [5, 5.41) is 0. The number of hydrogen-bond donors (Lipinski definition) is 1. The highest BCUT2D eigenvalue weighted by Crippen LogP contribution is 2.35. The normalized spacial score (nSPS) is 17.6. The molecule has 1 atom stereocenters. The molecule has 0 bridgehead atoms. The topological polar surface area (TPSA) is 76.6 Å². The fraction of sp³-hybridized carbons (Fsp3) is 0.524. The molecule has 13 heteroatoms. The molecule has 0 radical (unpaired) electrons. The first kappa shape index (κ1) is 24.3. The number of amides is 1. The van der Waals surface area contributed by atoms with E-state index < -0.39 is 41.4 Å². The van der Waals surface area contributed by atoms with Crippen molar-refractivity contribution in [3.63, 3.8) is 0 Å². The van der Waals surface area contributed by atoms with Gasteiger partial charge in [0.25, 0.3) is 0 Å². The zero-order valence-electron chi connectivity index (χ0n) is 18.0. The van der Waals surface area contributed by atoms with E-state index in [2.05, 4.69) is 4.98 Å². The van der Waals surface area contributed by atoms with Gasteiger partial charge in [-0.3, -0.25) is 4.79 Å². The first-order chi connectivity index (χ1) is 16.0. The van der Waals surface area contributed by atoms with Gasteiger partial charge in [-0.1, -0.05) is 0 Å². The van der Waals surface area contributed by atoms with Crippen molar-refractivity contribution in [2.24, 2.45) is 5.73 Å². The van der Waals surface area contributed by atoms with E-state index in [4.69, 9.17) is 10.5 Å². The standard InChI is InChI=1S/C21H23F6N5O2/c22-14-10-16(24)15(23)8-12(14)7-13(28)9-18(33)31-1-2-32-17(11-31)19(29-20(32)21(25,26)27)30-3-5-34-6-4-30/h8,10,13H,1-7,9,11,28H2/t13-/m1/s1. The van der Waals surface area contributed by atoms with Crippen LogP contribution < -0.4 is 10.6 Å². The average molecular weight is 491 g/mol. The molecule has 1 amide bonds. The number of imidazole rings is 1. The van der Waals surface area contributed by atoms with Crippen LogP contribution in [0.5, 0.6) is 0 Å². The van der Waals surface area contributed by atoms with Crippen LogP contribution in [0.2, 0.25) is 0 Å². The lowest BCUT2D eigenvalue weighted by Gasteiger charge is -2.33. The van der Waals surface area contributed by atoms with Gasteiger partial charge in [-0.25, -0.2) is 18.2 Å². The quantitative estimate of drug-likeness (QED) is 0.514. The summed E-state index contributed by atoms with van der Waals surface area (Å²) in [6, 6.07) is 0.209. The third-order valence-corrected chi connectivity index (χ3v) is 5.91. The predicted octanol–water partition coefficient (Wildman–Crippen LogP) is 2.46. The molecule has 4 rings (SSSR count). The Hall–Kier alpha value is -2.80. The molecule has 0 saturated carbocycles. The van der Waals surface area contributed by atoms with Crippen molar-refractivity contribution in [1.82, 2.24) is 14.5 Å². The van der Waals surface area contributed by atoms with Crippen LogP contribution in [-0.4, -0.2) is 59.2 Å². The molecule has 2 N–H and O–H groups in total. The monoisotopic (exact) mass is 491 g/mol. The van der Waals surface area contributed by atoms with Crippen molar-refractivity contribution < 1.29 is 35.9 Å². The van der Waals surface area contributed by atoms with Crippen molar-refractivity contribution in [2.75, 3.05) is 37.7 Å². The van der Waals surface area contributed by atoms with Crippen LogP contribution >= 0.6 is 0 Å². The van der Waals surface area contributed by atoms with Crippen LogP contribution in [0, 0.1) is 17.5 Å². The van der Waals surface area contributed by atoms with Crippen molar-refractivity contribution in [1.29, 1.82) is 0 Å². The summed E-state index contributed by atoms with van der Waals surface area (Å²) in [7, 11) is 0. The Morgan fingerprint density at radius 3 is 2.41 bits per heavy atom. The predicted molar refractivity (Wildman–Crippen MR) is 108 cm³/mol. The molecule has 1 fully saturated rings. The second-order valence-electron chi connectivity index (χ2n) is 8.30. The lowest BCUT2D eigenvalue weighted by Crippen LogP contribution is -2.43. The van der Waals surface area contributed by atoms with Gasteiger partial charge >= 0.3 is 6.18 Å². The zero-order chi connectivity index (χ0) is 24.6. The molecule has 0 unspecified atom stereocenters. The molecule has 3 heterocycles. The number of rotatable bonds is 5. The fourth-order valence-corrected chi connectivity index (χ4v) is 4.24. The lowest BCUT2D eigenvalue weighted by molar-refractivity contribution is -0.148. The van der Waals surface area contributed by atoms with E-state index in [0.717, 1.165) is 4.57 Å². The summed E-state index contributed by atoms with van der Waals surface area (Å²) in [5.74, 6) is -4.81. The summed E-state index contributed by atoms with van der Waals surface area (Å²) in [4.78, 5) is 19.8. The number of fused-ring (bicyclic) bond motifs is 1. The van der Waals surface area contributed by atoms with E-state index in [1.807, 2.05) is 0 Å². The molecule has 2 aromatic rings. The minimum absolute atomic E-state index is 0.0140. The molecular weight excluding hydrogens is 468 g/mol. The van der Waals surface area contributed by atoms with Gasteiger partial charge in [-0.2, -0.15) is 13.2 Å². The molecule has 2 aliphatic rings. The van der Waals surface area contributed by atoms with Crippen LogP contribution in [0.15, 0.2) is 12.1 Å². The third-order valence-electron chi connectivity index (χ3n) is 5.91. The Bertz CT molecular complexity index is 1070. The number of hydrogen-bond acceptors (Lipinski definition) is 5. The molecule has 186 valence electrons. The number of morpholine rings is 1. The second-order valence-corrected chi connectivity index (χ2v) is 8.30. The zero-order valence-corrected chi connectivity index (χ0v) is 18.0. The van der Waals surface area contributed by atoms with Gasteiger partial charge in [0, 0.05) is 44.7 Å². The van der Waals surface area contributed by atoms with Gasteiger partial charge in [0.05, 0.1) is 25.5 Å². The smallest absolute Gasteiger partial charge is 0.378 e. The number of alkyl halides is 3. The molecule has 0 aliphatic carbocycles. The number of carbonyl (C=O) groups is 1. The van der Waals surface area contributed by atoms with E-state index in [1.165, 1.54) is 4.90 Å². The minimum Gasteiger partial charge on any atom is -0.378 e. The number of nitrogens with two attached hydrogens (primary N) is 1. The Kier molecular flexibility index (Phi) is 6.76. The molecule has 0 spiro atoms. The van der Waals surface area contributed by atoms with E-state index in [-0.39, 0.29) is 49.6 Å². The first-order valence-electron chi connectivity index (χ1n) is 10.7. The summed E-state index contributed by atoms with van der Waals surface area (Å²) in [6.07, 6.45) is -5.11. The van der Waals surface area contributed by atoms with Gasteiger partial charge < -0.3 is 24.8 Å². The summed E-state index contributed by atoms with van der Waals surface area (Å²) in [6.45, 7) is 1.28. The largest absolute Gasteiger partial charge is 0.449 e. The van der Waals surface area contributed by atoms with Gasteiger partial charge in [0.15, 0.2) is 17.5 Å². The van der Waals surface area contributed by atoms with Crippen molar-refractivity contribution >= 4 is 11.7 Å². The van der Waals surface area contributed by atoms with E-state index >= 15 is 0 Å². The van der Waals surface area contributed by atoms with Crippen LogP contribution in [-0.2, 0) is 35.2 Å². The Morgan fingerprint density at radius 1 is 1.06 bits per heavy atom. The van der Waals surface area contributed by atoms with Crippen LogP contribution in [0.4, 0.5) is 32.2 Å². The summed E-state index contributed by atoms with van der Waals surface area (Å²) < 4.78 is 87.5. The SMILES string of the molecule is N[C@@H](CC(=O)N1CCn2c(C(F)(F)F)nc(N3CCOCC3)c2C1)Cc1cc(F)c(F)cc1F. The second kappa shape index (κ2) is 9.45. The molecule has 1 saturated heterocycles. The van der Waals surface area contributed by atoms with Gasteiger partial charge in [-0.05, 0) is 18.1 Å². The van der Waals surface area contributed by atoms with Crippen molar-refractivity contribution in [2.45, 2.75) is 38.1 Å². The average Bonchev–Trinajstić information content (AvgIpc) is 3.17. The maximum atomic E-state index is 13.9. The molecule has 1 aromatic heterocycles. The van der Waals surface area contributed by atoms with Gasteiger partial charge in [0.1, 0.15) is 5.82 Å². The number of ether oxygens (including phenoxy) is 1. The Morgan fingerprint density at radius 2 is 1.74 bits per heavy atom. The third kappa shape index (κ3) is 4.99. The van der Waals surface area contributed by atoms with E-state index in [9.17, 15) is 31.1 Å². The molecule has 7 nitrogen and oxygen atoms in total. The van der Waals surface area contributed by atoms with Gasteiger partial charge in [-0.15, -0.1) is 0 Å². The molecule has 2 aliphatic heterocycles. The van der Waals surface area contributed by atoms with Crippen LogP contribution in [0.3, 0.4) is 0 Å². The lowest BCUT2D eigenvalue weighted by atomic mass is 10.0.